The van der Waals surface area contributed by atoms with E-state index in [-0.39, 0.29) is 0 Å². The highest BCUT2D eigenvalue weighted by atomic mass is 79.9. The van der Waals surface area contributed by atoms with Crippen molar-refractivity contribution in [3.63, 3.8) is 0 Å². The van der Waals surface area contributed by atoms with Crippen LogP contribution in [0, 0.1) is 6.92 Å². The van der Waals surface area contributed by atoms with E-state index in [1.54, 1.807) is 0 Å². The van der Waals surface area contributed by atoms with Crippen LogP contribution < -0.4 is 5.32 Å². The van der Waals surface area contributed by atoms with Crippen LogP contribution in [0.15, 0.2) is 22.7 Å². The van der Waals surface area contributed by atoms with Crippen molar-refractivity contribution in [1.29, 1.82) is 0 Å². The molecule has 1 N–H and O–H groups in total. The van der Waals surface area contributed by atoms with Crippen molar-refractivity contribution in [2.45, 2.75) is 26.7 Å². The highest BCUT2D eigenvalue weighted by Gasteiger charge is 2.10. The summed E-state index contributed by atoms with van der Waals surface area (Å²) in [6.07, 6.45) is 0. The highest BCUT2D eigenvalue weighted by molar-refractivity contribution is 9.10. The summed E-state index contributed by atoms with van der Waals surface area (Å²) in [5.74, 6) is 0.439. The maximum absolute atomic E-state index is 4.76. The maximum Gasteiger partial charge on any atom is 0.0756 e. The molecule has 2 aromatic rings. The van der Waals surface area contributed by atoms with Gasteiger partial charge in [0, 0.05) is 28.3 Å². The van der Waals surface area contributed by atoms with E-state index in [2.05, 4.69) is 60.2 Å². The molecule has 0 aliphatic heterocycles. The van der Waals surface area contributed by atoms with Crippen molar-refractivity contribution < 1.29 is 0 Å². The molecule has 0 amide bonds. The topological polar surface area (TPSA) is 24.9 Å². The van der Waals surface area contributed by atoms with Crippen LogP contribution in [0.25, 0.3) is 10.9 Å². The summed E-state index contributed by atoms with van der Waals surface area (Å²) in [4.78, 5) is 4.76. The zero-order chi connectivity index (χ0) is 12.6. The van der Waals surface area contributed by atoms with Crippen molar-refractivity contribution in [1.82, 2.24) is 4.98 Å². The predicted molar refractivity (Wildman–Crippen MR) is 77.8 cm³/mol. The average Bonchev–Trinajstić information content (AvgIpc) is 2.27. The molecule has 2 nitrogen and oxygen atoms in total. The van der Waals surface area contributed by atoms with Crippen LogP contribution in [-0.2, 0) is 0 Å². The lowest BCUT2D eigenvalue weighted by molar-refractivity contribution is 0.830. The number of fused-ring (bicyclic) bond motifs is 1. The first-order chi connectivity index (χ1) is 8.02. The molecular formula is C14H17BrN2. The van der Waals surface area contributed by atoms with E-state index in [0.29, 0.717) is 5.92 Å². The molecule has 90 valence electrons. The first-order valence-corrected chi connectivity index (χ1v) is 6.60. The van der Waals surface area contributed by atoms with Crippen molar-refractivity contribution in [2.24, 2.45) is 0 Å². The molecule has 17 heavy (non-hydrogen) atoms. The molecule has 0 bridgehead atoms. The Morgan fingerprint density at radius 2 is 1.94 bits per heavy atom. The molecule has 2 rings (SSSR count). The Morgan fingerprint density at radius 3 is 2.53 bits per heavy atom. The Labute approximate surface area is 111 Å². The normalized spacial score (nSPS) is 11.2. The van der Waals surface area contributed by atoms with Gasteiger partial charge in [0.15, 0.2) is 0 Å². The lowest BCUT2D eigenvalue weighted by atomic mass is 10.0. The molecule has 1 heterocycles. The number of aromatic nitrogens is 1. The predicted octanol–water partition coefficient (Wildman–Crippen LogP) is 4.47. The summed E-state index contributed by atoms with van der Waals surface area (Å²) in [5.41, 5.74) is 4.56. The minimum Gasteiger partial charge on any atom is -0.388 e. The van der Waals surface area contributed by atoms with E-state index in [0.717, 1.165) is 21.4 Å². The summed E-state index contributed by atoms with van der Waals surface area (Å²) in [7, 11) is 1.95. The maximum atomic E-state index is 4.76. The van der Waals surface area contributed by atoms with E-state index in [4.69, 9.17) is 4.98 Å². The summed E-state index contributed by atoms with van der Waals surface area (Å²) >= 11 is 3.54. The summed E-state index contributed by atoms with van der Waals surface area (Å²) in [6, 6.07) is 6.36. The quantitative estimate of drug-likeness (QED) is 0.883. The number of anilines is 1. The monoisotopic (exact) mass is 292 g/mol. The Balaban J connectivity index is 2.82. The summed E-state index contributed by atoms with van der Waals surface area (Å²) in [5, 5.41) is 4.43. The zero-order valence-electron chi connectivity index (χ0n) is 10.6. The Morgan fingerprint density at radius 1 is 1.24 bits per heavy atom. The molecule has 0 fully saturated rings. The van der Waals surface area contributed by atoms with Crippen LogP contribution in [0.1, 0.15) is 31.0 Å². The van der Waals surface area contributed by atoms with Gasteiger partial charge in [0.1, 0.15) is 0 Å². The van der Waals surface area contributed by atoms with Crippen LogP contribution in [0.2, 0.25) is 0 Å². The molecule has 3 heteroatoms. The second kappa shape index (κ2) is 4.65. The fourth-order valence-electron chi connectivity index (χ4n) is 1.98. The molecule has 0 atom stereocenters. The summed E-state index contributed by atoms with van der Waals surface area (Å²) < 4.78 is 1.10. The molecule has 1 aromatic heterocycles. The first kappa shape index (κ1) is 12.4. The standard InChI is InChI=1S/C14H17BrN2/c1-8(2)12-7-13(16-4)11-6-10(15)5-9(3)14(11)17-12/h5-8H,1-4H3,(H,16,17). The van der Waals surface area contributed by atoms with Gasteiger partial charge in [-0.25, -0.2) is 0 Å². The third kappa shape index (κ3) is 2.29. The van der Waals surface area contributed by atoms with Gasteiger partial charge in [-0.3, -0.25) is 4.98 Å². The number of hydrogen-bond donors (Lipinski definition) is 1. The molecule has 0 aliphatic rings. The van der Waals surface area contributed by atoms with E-state index in [9.17, 15) is 0 Å². The van der Waals surface area contributed by atoms with Gasteiger partial charge in [0.05, 0.1) is 5.52 Å². The number of rotatable bonds is 2. The number of nitrogens with zero attached hydrogens (tertiary/aromatic N) is 1. The molecule has 0 radical (unpaired) electrons. The minimum absolute atomic E-state index is 0.439. The molecule has 0 spiro atoms. The van der Waals surface area contributed by atoms with Gasteiger partial charge in [0.2, 0.25) is 0 Å². The second-order valence-electron chi connectivity index (χ2n) is 4.62. The van der Waals surface area contributed by atoms with E-state index >= 15 is 0 Å². The molecule has 1 aromatic carbocycles. The lowest BCUT2D eigenvalue weighted by Gasteiger charge is -2.13. The van der Waals surface area contributed by atoms with Gasteiger partial charge in [0.25, 0.3) is 0 Å². The van der Waals surface area contributed by atoms with Crippen LogP contribution >= 0.6 is 15.9 Å². The number of hydrogen-bond acceptors (Lipinski definition) is 2. The van der Waals surface area contributed by atoms with Crippen molar-refractivity contribution in [3.8, 4) is 0 Å². The Kier molecular flexibility index (Phi) is 3.38. The lowest BCUT2D eigenvalue weighted by Crippen LogP contribution is -1.99. The molecular weight excluding hydrogens is 276 g/mol. The van der Waals surface area contributed by atoms with Crippen molar-refractivity contribution >= 4 is 32.5 Å². The van der Waals surface area contributed by atoms with E-state index < -0.39 is 0 Å². The number of halogens is 1. The zero-order valence-corrected chi connectivity index (χ0v) is 12.2. The number of benzene rings is 1. The molecule has 0 saturated carbocycles. The SMILES string of the molecule is CNc1cc(C(C)C)nc2c(C)cc(Br)cc12. The van der Waals surface area contributed by atoms with Crippen LogP contribution in [0.4, 0.5) is 5.69 Å². The third-order valence-electron chi connectivity index (χ3n) is 2.95. The van der Waals surface area contributed by atoms with Crippen LogP contribution in [0.3, 0.4) is 0 Å². The van der Waals surface area contributed by atoms with Gasteiger partial charge in [-0.15, -0.1) is 0 Å². The smallest absolute Gasteiger partial charge is 0.0756 e. The van der Waals surface area contributed by atoms with Gasteiger partial charge in [-0.05, 0) is 36.6 Å². The fraction of sp³-hybridized carbons (Fsp3) is 0.357. The third-order valence-corrected chi connectivity index (χ3v) is 3.41. The Hall–Kier alpha value is -1.09. The van der Waals surface area contributed by atoms with Gasteiger partial charge < -0.3 is 5.32 Å². The molecule has 0 unspecified atom stereocenters. The highest BCUT2D eigenvalue weighted by Crippen LogP contribution is 2.30. The number of nitrogens with one attached hydrogen (secondary N) is 1. The average molecular weight is 293 g/mol. The minimum atomic E-state index is 0.439. The van der Waals surface area contributed by atoms with Crippen LogP contribution in [0.5, 0.6) is 0 Å². The molecule has 0 aliphatic carbocycles. The van der Waals surface area contributed by atoms with Gasteiger partial charge >= 0.3 is 0 Å². The van der Waals surface area contributed by atoms with Crippen molar-refractivity contribution in [3.05, 3.63) is 33.9 Å². The van der Waals surface area contributed by atoms with E-state index in [1.165, 1.54) is 10.9 Å². The molecule has 0 saturated heterocycles. The fourth-order valence-corrected chi connectivity index (χ4v) is 2.55. The second-order valence-corrected chi connectivity index (χ2v) is 5.53. The largest absolute Gasteiger partial charge is 0.388 e. The van der Waals surface area contributed by atoms with Gasteiger partial charge in [-0.2, -0.15) is 0 Å². The van der Waals surface area contributed by atoms with Crippen LogP contribution in [-0.4, -0.2) is 12.0 Å². The van der Waals surface area contributed by atoms with Gasteiger partial charge in [-0.1, -0.05) is 29.8 Å². The summed E-state index contributed by atoms with van der Waals surface area (Å²) in [6.45, 7) is 6.44. The number of aryl methyl sites for hydroxylation is 1. The number of pyridine rings is 1. The first-order valence-electron chi connectivity index (χ1n) is 5.81. The van der Waals surface area contributed by atoms with Crippen molar-refractivity contribution in [2.75, 3.05) is 12.4 Å². The Bertz CT molecular complexity index is 562. The van der Waals surface area contributed by atoms with E-state index in [1.807, 2.05) is 7.05 Å².